The number of hydrogen-bond acceptors (Lipinski definition) is 4. The SMILES string of the molecule is CCCCCCN(CCCCCC)c1ccc(N=O)c(O[Si](C)(C)C)c1. The van der Waals surface area contributed by atoms with Crippen molar-refractivity contribution in [1.82, 2.24) is 0 Å². The second kappa shape index (κ2) is 12.1. The van der Waals surface area contributed by atoms with E-state index in [0.717, 1.165) is 18.8 Å². The molecule has 148 valence electrons. The third kappa shape index (κ3) is 8.83. The van der Waals surface area contributed by atoms with E-state index >= 15 is 0 Å². The molecule has 26 heavy (non-hydrogen) atoms. The van der Waals surface area contributed by atoms with E-state index in [4.69, 9.17) is 4.43 Å². The van der Waals surface area contributed by atoms with Gasteiger partial charge in [0.05, 0.1) is 0 Å². The van der Waals surface area contributed by atoms with Gasteiger partial charge in [0.1, 0.15) is 11.4 Å². The molecule has 1 rings (SSSR count). The predicted molar refractivity (Wildman–Crippen MR) is 116 cm³/mol. The Bertz CT molecular complexity index is 517. The van der Waals surface area contributed by atoms with E-state index in [2.05, 4.69) is 43.6 Å². The molecule has 0 aliphatic heterocycles. The molecular weight excluding hydrogens is 340 g/mol. The van der Waals surface area contributed by atoms with E-state index in [1.807, 2.05) is 18.2 Å². The zero-order valence-electron chi connectivity index (χ0n) is 17.5. The van der Waals surface area contributed by atoms with Crippen molar-refractivity contribution in [2.24, 2.45) is 5.18 Å². The fourth-order valence-corrected chi connectivity index (χ4v) is 3.84. The quantitative estimate of drug-likeness (QED) is 0.194. The first-order chi connectivity index (χ1) is 12.4. The van der Waals surface area contributed by atoms with Gasteiger partial charge >= 0.3 is 0 Å². The lowest BCUT2D eigenvalue weighted by Crippen LogP contribution is -2.30. The van der Waals surface area contributed by atoms with Gasteiger partial charge in [0.25, 0.3) is 0 Å². The van der Waals surface area contributed by atoms with E-state index in [1.54, 1.807) is 0 Å². The summed E-state index contributed by atoms with van der Waals surface area (Å²) >= 11 is 0. The molecule has 1 aromatic carbocycles. The number of hydrogen-bond donors (Lipinski definition) is 0. The Hall–Kier alpha value is -1.36. The number of unbranched alkanes of at least 4 members (excludes halogenated alkanes) is 6. The van der Waals surface area contributed by atoms with Gasteiger partial charge in [-0.25, -0.2) is 0 Å². The fourth-order valence-electron chi connectivity index (χ4n) is 3.02. The molecule has 0 unspecified atom stereocenters. The molecule has 0 aliphatic rings. The summed E-state index contributed by atoms with van der Waals surface area (Å²) in [4.78, 5) is 13.6. The highest BCUT2D eigenvalue weighted by Gasteiger charge is 2.20. The van der Waals surface area contributed by atoms with Crippen molar-refractivity contribution < 1.29 is 4.43 Å². The molecule has 0 amide bonds. The molecular formula is C21H38N2O2Si. The van der Waals surface area contributed by atoms with Crippen molar-refractivity contribution in [2.75, 3.05) is 18.0 Å². The molecule has 4 nitrogen and oxygen atoms in total. The van der Waals surface area contributed by atoms with Gasteiger partial charge in [-0.3, -0.25) is 0 Å². The molecule has 0 atom stereocenters. The minimum atomic E-state index is -1.79. The molecule has 0 saturated carbocycles. The highest BCUT2D eigenvalue weighted by molar-refractivity contribution is 6.70. The second-order valence-electron chi connectivity index (χ2n) is 8.07. The average molecular weight is 379 g/mol. The van der Waals surface area contributed by atoms with Crippen molar-refractivity contribution in [3.63, 3.8) is 0 Å². The smallest absolute Gasteiger partial charge is 0.242 e. The molecule has 5 heteroatoms. The first kappa shape index (κ1) is 22.7. The first-order valence-corrected chi connectivity index (χ1v) is 13.7. The van der Waals surface area contributed by atoms with Crippen LogP contribution < -0.4 is 9.33 Å². The van der Waals surface area contributed by atoms with Crippen LogP contribution in [0.25, 0.3) is 0 Å². The van der Waals surface area contributed by atoms with Crippen LogP contribution in [0.2, 0.25) is 19.6 Å². The van der Waals surface area contributed by atoms with Crippen molar-refractivity contribution in [3.05, 3.63) is 23.1 Å². The summed E-state index contributed by atoms with van der Waals surface area (Å²) in [7, 11) is -1.79. The number of benzene rings is 1. The molecule has 0 aromatic heterocycles. The van der Waals surface area contributed by atoms with Gasteiger partial charge in [-0.2, -0.15) is 0 Å². The van der Waals surface area contributed by atoms with Crippen LogP contribution in [0.3, 0.4) is 0 Å². The molecule has 0 aliphatic carbocycles. The maximum atomic E-state index is 11.2. The van der Waals surface area contributed by atoms with Gasteiger partial charge in [0.2, 0.25) is 8.32 Å². The molecule has 0 saturated heterocycles. The Kier molecular flexibility index (Phi) is 10.6. The summed E-state index contributed by atoms with van der Waals surface area (Å²) in [6.07, 6.45) is 10.1. The number of anilines is 1. The summed E-state index contributed by atoms with van der Waals surface area (Å²) in [6.45, 7) is 13.0. The van der Waals surface area contributed by atoms with Crippen LogP contribution in [0.1, 0.15) is 65.2 Å². The topological polar surface area (TPSA) is 41.9 Å². The lowest BCUT2D eigenvalue weighted by Gasteiger charge is -2.27. The van der Waals surface area contributed by atoms with Gasteiger partial charge in [0.15, 0.2) is 0 Å². The van der Waals surface area contributed by atoms with Crippen LogP contribution in [0.5, 0.6) is 5.75 Å². The van der Waals surface area contributed by atoms with Crippen LogP contribution in [0.4, 0.5) is 11.4 Å². The van der Waals surface area contributed by atoms with Crippen LogP contribution in [-0.2, 0) is 0 Å². The van der Waals surface area contributed by atoms with E-state index in [9.17, 15) is 4.91 Å². The molecule has 0 spiro atoms. The Balaban J connectivity index is 2.90. The van der Waals surface area contributed by atoms with Crippen molar-refractivity contribution >= 4 is 19.7 Å². The highest BCUT2D eigenvalue weighted by atomic mass is 28.4. The predicted octanol–water partition coefficient (Wildman–Crippen LogP) is 7.27. The van der Waals surface area contributed by atoms with E-state index in [1.165, 1.54) is 51.4 Å². The van der Waals surface area contributed by atoms with Crippen LogP contribution in [-0.4, -0.2) is 21.4 Å². The summed E-state index contributed by atoms with van der Waals surface area (Å²) < 4.78 is 6.12. The standard InChI is InChI=1S/C21H38N2O2Si/c1-6-8-10-12-16-23(17-13-11-9-7-2)19-14-15-20(22-24)21(18-19)25-26(3,4)5/h14-15,18H,6-13,16-17H2,1-5H3. The van der Waals surface area contributed by atoms with Crippen LogP contribution in [0, 0.1) is 4.91 Å². The van der Waals surface area contributed by atoms with Gasteiger partial charge in [-0.1, -0.05) is 52.4 Å². The number of nitroso groups, excluding NO2 is 1. The minimum absolute atomic E-state index is 0.410. The lowest BCUT2D eigenvalue weighted by molar-refractivity contribution is 0.557. The van der Waals surface area contributed by atoms with E-state index < -0.39 is 8.32 Å². The molecule has 0 fully saturated rings. The molecule has 1 aromatic rings. The largest absolute Gasteiger partial charge is 0.543 e. The van der Waals surface area contributed by atoms with Crippen molar-refractivity contribution in [1.29, 1.82) is 0 Å². The number of rotatable bonds is 14. The Labute approximate surface area is 161 Å². The fraction of sp³-hybridized carbons (Fsp3) is 0.714. The average Bonchev–Trinajstić information content (AvgIpc) is 2.59. The van der Waals surface area contributed by atoms with Gasteiger partial charge < -0.3 is 9.33 Å². The lowest BCUT2D eigenvalue weighted by atomic mass is 10.1. The van der Waals surface area contributed by atoms with Crippen molar-refractivity contribution in [2.45, 2.75) is 84.9 Å². The van der Waals surface area contributed by atoms with E-state index in [0.29, 0.717) is 11.4 Å². The normalized spacial score (nSPS) is 11.4. The zero-order valence-corrected chi connectivity index (χ0v) is 18.5. The first-order valence-electron chi connectivity index (χ1n) is 10.3. The van der Waals surface area contributed by atoms with Gasteiger partial charge in [0, 0.05) is 24.8 Å². The molecule has 0 N–H and O–H groups in total. The number of nitrogens with zero attached hydrogens (tertiary/aromatic N) is 2. The minimum Gasteiger partial charge on any atom is -0.543 e. The summed E-state index contributed by atoms with van der Waals surface area (Å²) in [5.41, 5.74) is 1.56. The third-order valence-electron chi connectivity index (χ3n) is 4.39. The summed E-state index contributed by atoms with van der Waals surface area (Å²) in [5.74, 6) is 0.642. The maximum absolute atomic E-state index is 11.2. The second-order valence-corrected chi connectivity index (χ2v) is 12.5. The summed E-state index contributed by atoms with van der Waals surface area (Å²) in [5, 5.41) is 3.16. The van der Waals surface area contributed by atoms with Crippen molar-refractivity contribution in [3.8, 4) is 5.75 Å². The third-order valence-corrected chi connectivity index (χ3v) is 5.22. The molecule has 0 heterocycles. The van der Waals surface area contributed by atoms with Crippen LogP contribution >= 0.6 is 0 Å². The Morgan fingerprint density at radius 2 is 1.50 bits per heavy atom. The van der Waals surface area contributed by atoms with Gasteiger partial charge in [-0.05, 0) is 49.8 Å². The monoisotopic (exact) mass is 378 g/mol. The van der Waals surface area contributed by atoms with Gasteiger partial charge in [-0.15, -0.1) is 4.91 Å². The maximum Gasteiger partial charge on any atom is 0.242 e. The highest BCUT2D eigenvalue weighted by Crippen LogP contribution is 2.34. The molecule has 0 bridgehead atoms. The van der Waals surface area contributed by atoms with E-state index in [-0.39, 0.29) is 0 Å². The zero-order chi connectivity index (χ0) is 19.4. The Morgan fingerprint density at radius 1 is 0.923 bits per heavy atom. The molecule has 0 radical (unpaired) electrons. The van der Waals surface area contributed by atoms with Crippen LogP contribution in [0.15, 0.2) is 23.4 Å². The summed E-state index contributed by atoms with van der Waals surface area (Å²) in [6, 6.07) is 5.85. The Morgan fingerprint density at radius 3 is 1.96 bits per heavy atom.